The quantitative estimate of drug-likeness (QED) is 0.296. The Morgan fingerprint density at radius 2 is 1.87 bits per heavy atom. The highest BCUT2D eigenvalue weighted by molar-refractivity contribution is 5.82. The minimum atomic E-state index is -1.50. The standard InChI is InChI=1S/C22H34O9/c1-12-5-3-2-4-6-13-9-14(10-15(13)16(24)7-8-18(25)29-12)30-22-21(28)20(27)19(26)17(11-23)31-22/h4,6-8,12-17,19-24,26-28H,2-3,5,9-11H2,1H3/b6-4+,8-7+/t12?,13-,14+,15-,16-,17-,19+,20+,21-,22-/m1/s1. The lowest BCUT2D eigenvalue weighted by atomic mass is 9.90. The van der Waals surface area contributed by atoms with Crippen LogP contribution in [0.5, 0.6) is 0 Å². The van der Waals surface area contributed by atoms with Gasteiger partial charge in [-0.05, 0) is 56.9 Å². The summed E-state index contributed by atoms with van der Waals surface area (Å²) in [6.45, 7) is 1.32. The van der Waals surface area contributed by atoms with Gasteiger partial charge in [-0.3, -0.25) is 0 Å². The van der Waals surface area contributed by atoms with E-state index in [-0.39, 0.29) is 24.0 Å². The number of carbonyl (C=O) groups is 1. The van der Waals surface area contributed by atoms with Gasteiger partial charge in [-0.25, -0.2) is 4.79 Å². The smallest absolute Gasteiger partial charge is 0.330 e. The number of hydrogen-bond acceptors (Lipinski definition) is 9. The largest absolute Gasteiger partial charge is 0.460 e. The molecule has 0 aromatic heterocycles. The van der Waals surface area contributed by atoms with Crippen LogP contribution in [0.1, 0.15) is 39.0 Å². The molecule has 2 aliphatic heterocycles. The predicted octanol–water partition coefficient (Wildman–Crippen LogP) is -0.213. The first-order valence-corrected chi connectivity index (χ1v) is 11.0. The Kier molecular flexibility index (Phi) is 8.63. The number of cyclic esters (lactones) is 1. The van der Waals surface area contributed by atoms with Gasteiger partial charge in [-0.1, -0.05) is 12.2 Å². The first kappa shape index (κ1) is 24.3. The van der Waals surface area contributed by atoms with Crippen LogP contribution in [0, 0.1) is 11.8 Å². The van der Waals surface area contributed by atoms with E-state index in [9.17, 15) is 30.3 Å². The maximum absolute atomic E-state index is 11.9. The molecule has 1 aliphatic carbocycles. The normalized spacial score (nSPS) is 46.7. The third-order valence-corrected chi connectivity index (χ3v) is 6.35. The fourth-order valence-electron chi connectivity index (χ4n) is 4.56. The molecule has 5 N–H and O–H groups in total. The average Bonchev–Trinajstić information content (AvgIpc) is 3.14. The number of rotatable bonds is 3. The van der Waals surface area contributed by atoms with Gasteiger partial charge in [0, 0.05) is 6.08 Å². The van der Waals surface area contributed by atoms with E-state index in [0.29, 0.717) is 12.8 Å². The number of ether oxygens (including phenoxy) is 3. The van der Waals surface area contributed by atoms with Crippen molar-refractivity contribution in [3.8, 4) is 0 Å². The Hall–Kier alpha value is -1.33. The molecule has 2 heterocycles. The highest BCUT2D eigenvalue weighted by Gasteiger charge is 2.46. The molecule has 10 atom stereocenters. The van der Waals surface area contributed by atoms with Gasteiger partial charge < -0.3 is 39.7 Å². The molecule has 1 saturated carbocycles. The Labute approximate surface area is 181 Å². The summed E-state index contributed by atoms with van der Waals surface area (Å²) in [5, 5.41) is 50.1. The Morgan fingerprint density at radius 1 is 1.10 bits per heavy atom. The van der Waals surface area contributed by atoms with Crippen LogP contribution < -0.4 is 0 Å². The molecule has 0 aromatic carbocycles. The molecule has 176 valence electrons. The Morgan fingerprint density at radius 3 is 2.61 bits per heavy atom. The topological polar surface area (TPSA) is 146 Å². The second-order valence-corrected chi connectivity index (χ2v) is 8.71. The maximum Gasteiger partial charge on any atom is 0.330 e. The van der Waals surface area contributed by atoms with Crippen LogP contribution in [0.15, 0.2) is 24.3 Å². The van der Waals surface area contributed by atoms with Gasteiger partial charge in [0.05, 0.1) is 24.9 Å². The maximum atomic E-state index is 11.9. The summed E-state index contributed by atoms with van der Waals surface area (Å²) in [6.07, 6.45) is 2.16. The molecule has 1 unspecified atom stereocenters. The molecule has 0 amide bonds. The highest BCUT2D eigenvalue weighted by Crippen LogP contribution is 2.39. The summed E-state index contributed by atoms with van der Waals surface area (Å²) in [6, 6.07) is 0. The molecular formula is C22H34O9. The van der Waals surface area contributed by atoms with E-state index in [1.54, 1.807) is 0 Å². The number of aliphatic hydroxyl groups is 5. The molecule has 9 nitrogen and oxygen atoms in total. The van der Waals surface area contributed by atoms with E-state index in [2.05, 4.69) is 12.2 Å². The third-order valence-electron chi connectivity index (χ3n) is 6.35. The van der Waals surface area contributed by atoms with Crippen molar-refractivity contribution in [1.29, 1.82) is 0 Å². The second-order valence-electron chi connectivity index (χ2n) is 8.71. The van der Waals surface area contributed by atoms with Crippen molar-refractivity contribution in [3.63, 3.8) is 0 Å². The van der Waals surface area contributed by atoms with Crippen molar-refractivity contribution in [3.05, 3.63) is 24.3 Å². The number of allylic oxidation sites excluding steroid dienone is 2. The van der Waals surface area contributed by atoms with Gasteiger partial charge in [0.15, 0.2) is 6.29 Å². The molecule has 1 saturated heterocycles. The van der Waals surface area contributed by atoms with Gasteiger partial charge in [0.1, 0.15) is 24.4 Å². The monoisotopic (exact) mass is 442 g/mol. The van der Waals surface area contributed by atoms with Crippen molar-refractivity contribution < 1.29 is 44.5 Å². The first-order chi connectivity index (χ1) is 14.8. The van der Waals surface area contributed by atoms with Gasteiger partial charge in [-0.2, -0.15) is 0 Å². The van der Waals surface area contributed by atoms with Gasteiger partial charge in [0.2, 0.25) is 0 Å². The average molecular weight is 443 g/mol. The molecule has 2 fully saturated rings. The summed E-state index contributed by atoms with van der Waals surface area (Å²) in [7, 11) is 0. The fourth-order valence-corrected chi connectivity index (χ4v) is 4.56. The molecule has 9 heteroatoms. The van der Waals surface area contributed by atoms with Crippen LogP contribution in [-0.2, 0) is 19.0 Å². The Balaban J connectivity index is 1.69. The summed E-state index contributed by atoms with van der Waals surface area (Å²) < 4.78 is 16.6. The van der Waals surface area contributed by atoms with Gasteiger partial charge in [0.25, 0.3) is 0 Å². The molecule has 3 aliphatic rings. The molecule has 0 aromatic rings. The van der Waals surface area contributed by atoms with Crippen LogP contribution in [0.3, 0.4) is 0 Å². The van der Waals surface area contributed by atoms with Crippen LogP contribution >= 0.6 is 0 Å². The van der Waals surface area contributed by atoms with Crippen molar-refractivity contribution in [2.45, 2.75) is 88.0 Å². The Bertz CT molecular complexity index is 649. The van der Waals surface area contributed by atoms with Gasteiger partial charge >= 0.3 is 5.97 Å². The third kappa shape index (κ3) is 6.13. The minimum Gasteiger partial charge on any atom is -0.460 e. The number of fused-ring (bicyclic) bond motifs is 1. The van der Waals surface area contributed by atoms with E-state index in [4.69, 9.17) is 14.2 Å². The zero-order valence-corrected chi connectivity index (χ0v) is 17.7. The van der Waals surface area contributed by atoms with Gasteiger partial charge in [-0.15, -0.1) is 0 Å². The molecule has 0 spiro atoms. The second kappa shape index (κ2) is 11.0. The number of carbonyl (C=O) groups excluding carboxylic acids is 1. The molecule has 0 bridgehead atoms. The minimum absolute atomic E-state index is 0.0104. The van der Waals surface area contributed by atoms with Crippen molar-refractivity contribution in [2.24, 2.45) is 11.8 Å². The molecule has 31 heavy (non-hydrogen) atoms. The number of hydrogen-bond donors (Lipinski definition) is 5. The van der Waals surface area contributed by atoms with Crippen LogP contribution in [0.4, 0.5) is 0 Å². The zero-order chi connectivity index (χ0) is 22.5. The summed E-state index contributed by atoms with van der Waals surface area (Å²) in [5.41, 5.74) is 0. The summed E-state index contributed by atoms with van der Waals surface area (Å²) in [5.74, 6) is -0.709. The number of esters is 1. The van der Waals surface area contributed by atoms with E-state index in [0.717, 1.165) is 19.3 Å². The van der Waals surface area contributed by atoms with E-state index < -0.39 is 49.4 Å². The van der Waals surface area contributed by atoms with Crippen molar-refractivity contribution in [2.75, 3.05) is 6.61 Å². The van der Waals surface area contributed by atoms with Crippen LogP contribution in [-0.4, -0.2) is 87.1 Å². The molecular weight excluding hydrogens is 408 g/mol. The molecule has 0 radical (unpaired) electrons. The highest BCUT2D eigenvalue weighted by atomic mass is 16.7. The summed E-state index contributed by atoms with van der Waals surface area (Å²) in [4.78, 5) is 11.9. The first-order valence-electron chi connectivity index (χ1n) is 11.0. The van der Waals surface area contributed by atoms with E-state index in [1.165, 1.54) is 12.2 Å². The lowest BCUT2D eigenvalue weighted by Crippen LogP contribution is -2.59. The van der Waals surface area contributed by atoms with E-state index >= 15 is 0 Å². The van der Waals surface area contributed by atoms with Crippen LogP contribution in [0.2, 0.25) is 0 Å². The van der Waals surface area contributed by atoms with Crippen molar-refractivity contribution >= 4 is 5.97 Å². The zero-order valence-electron chi connectivity index (χ0n) is 17.7. The number of aliphatic hydroxyl groups excluding tert-OH is 5. The lowest BCUT2D eigenvalue weighted by Gasteiger charge is -2.40. The SMILES string of the molecule is CC1CCC/C=C/[C@@H]2C[C@H](O[C@@H]3O[C@H](CO)[C@H](O)[C@H](O)[C@H]3O)C[C@H]2[C@H](O)/C=C/C(=O)O1. The fraction of sp³-hybridized carbons (Fsp3) is 0.773. The molecule has 3 rings (SSSR count). The summed E-state index contributed by atoms with van der Waals surface area (Å²) >= 11 is 0. The predicted molar refractivity (Wildman–Crippen MR) is 109 cm³/mol. The van der Waals surface area contributed by atoms with Crippen molar-refractivity contribution in [1.82, 2.24) is 0 Å². The van der Waals surface area contributed by atoms with E-state index in [1.807, 2.05) is 6.92 Å². The van der Waals surface area contributed by atoms with Crippen LogP contribution in [0.25, 0.3) is 0 Å². The lowest BCUT2D eigenvalue weighted by molar-refractivity contribution is -0.311.